The Morgan fingerprint density at radius 3 is 3.08 bits per heavy atom. The number of benzene rings is 1. The zero-order chi connectivity index (χ0) is 17.1. The SMILES string of the molecule is CCOCN(C(=O)C(C)c1ccc2ncoc2c1)c1bc(=S)[nH]o1. The van der Waals surface area contributed by atoms with E-state index in [2.05, 4.69) is 10.1 Å². The van der Waals surface area contributed by atoms with E-state index in [1.807, 2.05) is 32.0 Å². The molecule has 1 amide bonds. The summed E-state index contributed by atoms with van der Waals surface area (Å²) >= 11 is 5.01. The minimum atomic E-state index is -0.418. The quantitative estimate of drug-likeness (QED) is 0.546. The Balaban J connectivity index is 1.88. The van der Waals surface area contributed by atoms with E-state index in [1.54, 1.807) is 6.91 Å². The van der Waals surface area contributed by atoms with Crippen molar-refractivity contribution < 1.29 is 18.5 Å². The molecule has 7 nitrogen and oxygen atoms in total. The Bertz CT molecular complexity index is 903. The number of nitrogens with one attached hydrogen (secondary N) is 1. The van der Waals surface area contributed by atoms with Gasteiger partial charge in [-0.15, -0.1) is 0 Å². The number of carbonyl (C=O) groups is 1. The fourth-order valence-electron chi connectivity index (χ4n) is 2.34. The van der Waals surface area contributed by atoms with Gasteiger partial charge in [-0.3, -0.25) is 0 Å². The summed E-state index contributed by atoms with van der Waals surface area (Å²) in [5.41, 5.74) is 2.21. The van der Waals surface area contributed by atoms with Crippen LogP contribution in [0.25, 0.3) is 11.1 Å². The van der Waals surface area contributed by atoms with Crippen molar-refractivity contribution in [3.05, 3.63) is 34.7 Å². The van der Waals surface area contributed by atoms with Crippen molar-refractivity contribution in [1.82, 2.24) is 10.1 Å². The Hall–Kier alpha value is -2.26. The molecule has 0 radical (unpaired) electrons. The predicted molar refractivity (Wildman–Crippen MR) is 91.6 cm³/mol. The number of aromatic nitrogens is 2. The molecule has 1 atom stereocenters. The van der Waals surface area contributed by atoms with E-state index in [0.717, 1.165) is 11.1 Å². The Morgan fingerprint density at radius 1 is 1.54 bits per heavy atom. The minimum absolute atomic E-state index is 0.0837. The third-order valence-electron chi connectivity index (χ3n) is 3.69. The van der Waals surface area contributed by atoms with Crippen LogP contribution < -0.4 is 4.90 Å². The molecule has 0 bridgehead atoms. The van der Waals surface area contributed by atoms with Crippen LogP contribution in [0.4, 0.5) is 5.78 Å². The molecule has 0 saturated heterocycles. The van der Waals surface area contributed by atoms with Crippen LogP contribution in [0.15, 0.2) is 33.5 Å². The fourth-order valence-corrected chi connectivity index (χ4v) is 2.48. The fraction of sp³-hybridized carbons (Fsp3) is 0.333. The molecular weight excluding hydrogens is 329 g/mol. The number of aromatic amines is 1. The van der Waals surface area contributed by atoms with E-state index in [9.17, 15) is 4.79 Å². The van der Waals surface area contributed by atoms with E-state index < -0.39 is 5.92 Å². The summed E-state index contributed by atoms with van der Waals surface area (Å²) in [6, 6.07) is 5.50. The zero-order valence-corrected chi connectivity index (χ0v) is 14.1. The molecule has 0 aliphatic heterocycles. The third kappa shape index (κ3) is 3.32. The first kappa shape index (κ1) is 16.6. The standard InChI is InChI=1S/C15H16BN3O4S/c1-3-21-8-19(15-16-14(24)18-23-15)13(20)9(2)10-4-5-11-12(6-10)22-7-17-11/h4-7,9H,3,8H2,1-2H3,(H,18,24). The van der Waals surface area contributed by atoms with E-state index in [1.165, 1.54) is 11.3 Å². The number of amides is 1. The summed E-state index contributed by atoms with van der Waals surface area (Å²) in [4.78, 5) is 18.4. The van der Waals surface area contributed by atoms with Gasteiger partial charge in [0.05, 0.1) is 0 Å². The number of hydrogen-bond donors (Lipinski definition) is 1. The number of oxazole rings is 1. The molecule has 2 heterocycles. The summed E-state index contributed by atoms with van der Waals surface area (Å²) in [5.74, 6) is -0.260. The summed E-state index contributed by atoms with van der Waals surface area (Å²) in [7, 11) is 0. The molecular formula is C15H16BN3O4S. The number of anilines is 1. The van der Waals surface area contributed by atoms with Crippen molar-refractivity contribution in [1.29, 1.82) is 0 Å². The summed E-state index contributed by atoms with van der Waals surface area (Å²) in [6.07, 6.45) is 1.38. The number of nitrogens with zero attached hydrogens (tertiary/aromatic N) is 2. The van der Waals surface area contributed by atoms with Gasteiger partial charge in [0, 0.05) is 0 Å². The molecule has 124 valence electrons. The van der Waals surface area contributed by atoms with Crippen LogP contribution in [0.5, 0.6) is 0 Å². The Labute approximate surface area is 143 Å². The first-order chi connectivity index (χ1) is 11.6. The van der Waals surface area contributed by atoms with Crippen LogP contribution in [0.2, 0.25) is 0 Å². The van der Waals surface area contributed by atoms with Gasteiger partial charge in [-0.2, -0.15) is 0 Å². The van der Waals surface area contributed by atoms with Gasteiger partial charge in [0.15, 0.2) is 0 Å². The number of H-pyrrole nitrogens is 1. The predicted octanol–water partition coefficient (Wildman–Crippen LogP) is 2.95. The van der Waals surface area contributed by atoms with Gasteiger partial charge in [0.25, 0.3) is 0 Å². The molecule has 3 aromatic rings. The van der Waals surface area contributed by atoms with Gasteiger partial charge in [-0.1, -0.05) is 0 Å². The number of fused-ring (bicyclic) bond motifs is 1. The van der Waals surface area contributed by atoms with E-state index in [-0.39, 0.29) is 12.6 Å². The zero-order valence-electron chi connectivity index (χ0n) is 13.3. The second kappa shape index (κ2) is 7.10. The van der Waals surface area contributed by atoms with Crippen LogP contribution in [-0.4, -0.2) is 36.3 Å². The van der Waals surface area contributed by atoms with Gasteiger partial charge in [-0.05, 0) is 0 Å². The molecule has 3 rings (SSSR count). The topological polar surface area (TPSA) is 84.5 Å². The summed E-state index contributed by atoms with van der Waals surface area (Å²) < 4.78 is 16.4. The molecule has 0 aliphatic rings. The van der Waals surface area contributed by atoms with Crippen LogP contribution in [0.3, 0.4) is 0 Å². The second-order valence-electron chi connectivity index (χ2n) is 5.24. The molecule has 2 aromatic heterocycles. The average molecular weight is 345 g/mol. The molecule has 24 heavy (non-hydrogen) atoms. The van der Waals surface area contributed by atoms with E-state index >= 15 is 0 Å². The van der Waals surface area contributed by atoms with Crippen LogP contribution >= 0.6 is 12.2 Å². The van der Waals surface area contributed by atoms with Gasteiger partial charge in [-0.25, -0.2) is 0 Å². The maximum atomic E-state index is 12.9. The van der Waals surface area contributed by atoms with Crippen LogP contribution in [0, 0.1) is 4.54 Å². The molecule has 1 N–H and O–H groups in total. The maximum absolute atomic E-state index is 12.9. The van der Waals surface area contributed by atoms with Crippen molar-refractivity contribution in [3.63, 3.8) is 0 Å². The first-order valence-electron chi connectivity index (χ1n) is 7.51. The third-order valence-corrected chi connectivity index (χ3v) is 3.89. The molecule has 9 heteroatoms. The number of ether oxygens (including phenoxy) is 1. The summed E-state index contributed by atoms with van der Waals surface area (Å²) in [6.45, 7) is 5.82. The van der Waals surface area contributed by atoms with E-state index in [0.29, 0.717) is 22.5 Å². The number of hydrogen-bond acceptors (Lipinski definition) is 6. The second-order valence-corrected chi connectivity index (χ2v) is 5.68. The Kier molecular flexibility index (Phi) is 4.91. The van der Waals surface area contributed by atoms with Crippen LogP contribution in [0.1, 0.15) is 25.3 Å². The van der Waals surface area contributed by atoms with Crippen molar-refractivity contribution in [2.75, 3.05) is 18.2 Å². The normalized spacial score (nSPS) is 12.2. The van der Waals surface area contributed by atoms with Crippen molar-refractivity contribution in [2.45, 2.75) is 19.8 Å². The number of rotatable bonds is 6. The molecule has 1 unspecified atom stereocenters. The van der Waals surface area contributed by atoms with Crippen molar-refractivity contribution in [3.8, 4) is 0 Å². The summed E-state index contributed by atoms with van der Waals surface area (Å²) in [5, 5.41) is 2.55. The molecule has 1 aromatic carbocycles. The first-order valence-corrected chi connectivity index (χ1v) is 7.91. The van der Waals surface area contributed by atoms with Crippen LogP contribution in [-0.2, 0) is 9.53 Å². The molecule has 0 aliphatic carbocycles. The van der Waals surface area contributed by atoms with Gasteiger partial charge in [0.1, 0.15) is 0 Å². The Morgan fingerprint density at radius 2 is 2.38 bits per heavy atom. The molecule has 0 spiro atoms. The number of carbonyl (C=O) groups excluding carboxylic acids is 1. The van der Waals surface area contributed by atoms with Gasteiger partial charge in [0.2, 0.25) is 0 Å². The molecule has 0 saturated carbocycles. The van der Waals surface area contributed by atoms with Gasteiger partial charge < -0.3 is 0 Å². The average Bonchev–Trinajstić information content (AvgIpc) is 3.22. The van der Waals surface area contributed by atoms with Crippen molar-refractivity contribution in [2.24, 2.45) is 0 Å². The van der Waals surface area contributed by atoms with Crippen molar-refractivity contribution >= 4 is 41.9 Å². The monoisotopic (exact) mass is 345 g/mol. The molecule has 0 fully saturated rings. The van der Waals surface area contributed by atoms with Gasteiger partial charge >= 0.3 is 143 Å². The van der Waals surface area contributed by atoms with E-state index in [4.69, 9.17) is 25.9 Å².